The van der Waals surface area contributed by atoms with Crippen LogP contribution in [0.2, 0.25) is 0 Å². The Bertz CT molecular complexity index is 649. The highest BCUT2D eigenvalue weighted by Crippen LogP contribution is 2.22. The van der Waals surface area contributed by atoms with Crippen LogP contribution in [0.25, 0.3) is 0 Å². The normalized spacial score (nSPS) is 11.6. The molecule has 0 saturated carbocycles. The van der Waals surface area contributed by atoms with Gasteiger partial charge in [-0.05, 0) is 34.5 Å². The summed E-state index contributed by atoms with van der Waals surface area (Å²) in [7, 11) is 0. The molecule has 0 fully saturated rings. The Hall–Kier alpha value is -1.78. The van der Waals surface area contributed by atoms with Crippen LogP contribution in [0.5, 0.6) is 0 Å². The number of nitrogens with zero attached hydrogens (tertiary/aromatic N) is 3. The summed E-state index contributed by atoms with van der Waals surface area (Å²) in [5.74, 6) is -0.529. The van der Waals surface area contributed by atoms with Crippen LogP contribution >= 0.6 is 27.3 Å². The average molecular weight is 337 g/mol. The number of hydrogen-bond acceptors (Lipinski definition) is 5. The fourth-order valence-electron chi connectivity index (χ4n) is 1.41. The van der Waals surface area contributed by atoms with Crippen molar-refractivity contribution in [3.63, 3.8) is 0 Å². The lowest BCUT2D eigenvalue weighted by molar-refractivity contribution is -0.117. The van der Waals surface area contributed by atoms with Crippen molar-refractivity contribution < 1.29 is 4.79 Å². The fraction of sp³-hybridized carbons (Fsp3) is 0.167. The number of carbonyl (C=O) groups is 1. The zero-order chi connectivity index (χ0) is 13.8. The Kier molecular flexibility index (Phi) is 4.24. The van der Waals surface area contributed by atoms with E-state index in [-0.39, 0.29) is 11.8 Å². The molecule has 0 aromatic carbocycles. The monoisotopic (exact) mass is 336 g/mol. The van der Waals surface area contributed by atoms with E-state index in [1.165, 1.54) is 6.20 Å². The van der Waals surface area contributed by atoms with Crippen molar-refractivity contribution in [3.05, 3.63) is 39.6 Å². The summed E-state index contributed by atoms with van der Waals surface area (Å²) in [4.78, 5) is 20.5. The number of nitrogens with one attached hydrogen (secondary N) is 1. The van der Waals surface area contributed by atoms with Gasteiger partial charge in [-0.1, -0.05) is 11.3 Å². The van der Waals surface area contributed by atoms with E-state index in [4.69, 9.17) is 5.26 Å². The first-order valence-electron chi connectivity index (χ1n) is 5.37. The van der Waals surface area contributed by atoms with E-state index < -0.39 is 0 Å². The van der Waals surface area contributed by atoms with Gasteiger partial charge in [-0.25, -0.2) is 4.98 Å². The van der Waals surface area contributed by atoms with Gasteiger partial charge in [0.1, 0.15) is 10.9 Å². The Morgan fingerprint density at radius 1 is 1.53 bits per heavy atom. The first-order valence-corrected chi connectivity index (χ1v) is 6.98. The van der Waals surface area contributed by atoms with Gasteiger partial charge in [-0.15, -0.1) is 0 Å². The molecule has 0 saturated heterocycles. The molecular weight excluding hydrogens is 328 g/mol. The number of nitriles is 1. The molecule has 2 heterocycles. The van der Waals surface area contributed by atoms with Gasteiger partial charge in [-0.2, -0.15) is 5.26 Å². The predicted molar refractivity (Wildman–Crippen MR) is 75.8 cm³/mol. The zero-order valence-corrected chi connectivity index (χ0v) is 12.3. The molecule has 1 amide bonds. The molecule has 0 bridgehead atoms. The number of thiazole rings is 1. The number of carbonyl (C=O) groups excluding carboxylic acids is 1. The molecule has 1 unspecified atom stereocenters. The topological polar surface area (TPSA) is 78.7 Å². The highest BCUT2D eigenvalue weighted by molar-refractivity contribution is 9.10. The van der Waals surface area contributed by atoms with Gasteiger partial charge < -0.3 is 5.32 Å². The minimum absolute atomic E-state index is 0.182. The minimum Gasteiger partial charge on any atom is -0.301 e. The Balaban J connectivity index is 2.09. The number of halogens is 1. The largest absolute Gasteiger partial charge is 0.301 e. The molecule has 1 atom stereocenters. The summed E-state index contributed by atoms with van der Waals surface area (Å²) in [5, 5.41) is 11.8. The van der Waals surface area contributed by atoms with E-state index in [1.807, 2.05) is 12.1 Å². The van der Waals surface area contributed by atoms with Gasteiger partial charge in [0.25, 0.3) is 0 Å². The van der Waals surface area contributed by atoms with E-state index in [0.717, 1.165) is 21.4 Å². The number of anilines is 1. The van der Waals surface area contributed by atoms with Gasteiger partial charge in [0.05, 0.1) is 12.1 Å². The molecule has 5 nitrogen and oxygen atoms in total. The molecule has 2 aromatic rings. The van der Waals surface area contributed by atoms with Crippen LogP contribution in [0, 0.1) is 11.3 Å². The maximum absolute atomic E-state index is 12.1. The second kappa shape index (κ2) is 5.91. The number of hydrogen-bond donors (Lipinski definition) is 1. The van der Waals surface area contributed by atoms with Crippen molar-refractivity contribution in [3.8, 4) is 6.07 Å². The third-order valence-electron chi connectivity index (χ3n) is 2.47. The molecule has 2 aromatic heterocycles. The van der Waals surface area contributed by atoms with Crippen molar-refractivity contribution in [2.24, 2.45) is 0 Å². The van der Waals surface area contributed by atoms with Crippen molar-refractivity contribution in [2.75, 3.05) is 5.32 Å². The lowest BCUT2D eigenvalue weighted by Gasteiger charge is -2.10. The number of pyridine rings is 1. The lowest BCUT2D eigenvalue weighted by atomic mass is 10.0. The van der Waals surface area contributed by atoms with Crippen LogP contribution in [0.1, 0.15) is 23.3 Å². The molecule has 0 aliphatic carbocycles. The van der Waals surface area contributed by atoms with Gasteiger partial charge in [0.2, 0.25) is 5.91 Å². The Morgan fingerprint density at radius 3 is 2.95 bits per heavy atom. The number of aromatic nitrogens is 2. The quantitative estimate of drug-likeness (QED) is 0.934. The van der Waals surface area contributed by atoms with Crippen molar-refractivity contribution in [1.29, 1.82) is 5.26 Å². The minimum atomic E-state index is -0.348. The summed E-state index contributed by atoms with van der Waals surface area (Å²) in [6.07, 6.45) is 4.75. The van der Waals surface area contributed by atoms with Crippen LogP contribution in [0.3, 0.4) is 0 Å². The summed E-state index contributed by atoms with van der Waals surface area (Å²) < 4.78 is 0.825. The van der Waals surface area contributed by atoms with Gasteiger partial charge in [0.15, 0.2) is 5.13 Å². The van der Waals surface area contributed by atoms with Crippen molar-refractivity contribution in [1.82, 2.24) is 9.97 Å². The highest BCUT2D eigenvalue weighted by atomic mass is 79.9. The van der Waals surface area contributed by atoms with E-state index in [0.29, 0.717) is 10.0 Å². The summed E-state index contributed by atoms with van der Waals surface area (Å²) in [5.41, 5.74) is 0.809. The molecule has 0 aliphatic rings. The smallest absolute Gasteiger partial charge is 0.233 e. The summed E-state index contributed by atoms with van der Waals surface area (Å²) in [6, 6.07) is 3.82. The van der Waals surface area contributed by atoms with Crippen LogP contribution in [-0.4, -0.2) is 15.9 Å². The molecule has 2 rings (SSSR count). The first kappa shape index (κ1) is 13.6. The van der Waals surface area contributed by atoms with Crippen LogP contribution in [0.15, 0.2) is 29.1 Å². The van der Waals surface area contributed by atoms with Crippen LogP contribution < -0.4 is 5.32 Å². The maximum Gasteiger partial charge on any atom is 0.233 e. The van der Waals surface area contributed by atoms with Gasteiger partial charge in [-0.3, -0.25) is 9.78 Å². The SMILES string of the molecule is CC(C(=O)Nc1ncc(C#N)s1)c1cncc(Br)c1. The molecule has 0 spiro atoms. The average Bonchev–Trinajstić information content (AvgIpc) is 2.85. The van der Waals surface area contributed by atoms with E-state index in [1.54, 1.807) is 19.3 Å². The van der Waals surface area contributed by atoms with E-state index >= 15 is 0 Å². The lowest BCUT2D eigenvalue weighted by Crippen LogP contribution is -2.18. The third kappa shape index (κ3) is 3.36. The van der Waals surface area contributed by atoms with E-state index in [9.17, 15) is 4.79 Å². The second-order valence-electron chi connectivity index (χ2n) is 3.79. The molecular formula is C12H9BrN4OS. The summed E-state index contributed by atoms with van der Waals surface area (Å²) in [6.45, 7) is 1.79. The molecule has 0 aliphatic heterocycles. The van der Waals surface area contributed by atoms with E-state index in [2.05, 4.69) is 31.2 Å². The Labute approximate surface area is 122 Å². The number of rotatable bonds is 3. The Morgan fingerprint density at radius 2 is 2.32 bits per heavy atom. The maximum atomic E-state index is 12.1. The number of amides is 1. The fourth-order valence-corrected chi connectivity index (χ4v) is 2.41. The van der Waals surface area contributed by atoms with Crippen LogP contribution in [-0.2, 0) is 4.79 Å². The van der Waals surface area contributed by atoms with Gasteiger partial charge >= 0.3 is 0 Å². The standard InChI is InChI=1S/C12H9BrN4OS/c1-7(8-2-9(13)5-15-4-8)11(18)17-12-16-6-10(3-14)19-12/h2,4-7H,1H3,(H,16,17,18). The molecule has 7 heteroatoms. The van der Waals surface area contributed by atoms with Crippen molar-refractivity contribution >= 4 is 38.3 Å². The van der Waals surface area contributed by atoms with Crippen molar-refractivity contribution in [2.45, 2.75) is 12.8 Å². The predicted octanol–water partition coefficient (Wildman–Crippen LogP) is 2.91. The zero-order valence-electron chi connectivity index (χ0n) is 9.92. The van der Waals surface area contributed by atoms with Gasteiger partial charge in [0, 0.05) is 16.9 Å². The molecule has 19 heavy (non-hydrogen) atoms. The first-order chi connectivity index (χ1) is 9.10. The highest BCUT2D eigenvalue weighted by Gasteiger charge is 2.17. The molecule has 96 valence electrons. The third-order valence-corrected chi connectivity index (χ3v) is 3.72. The second-order valence-corrected chi connectivity index (χ2v) is 5.74. The van der Waals surface area contributed by atoms with Crippen LogP contribution in [0.4, 0.5) is 5.13 Å². The molecule has 1 N–H and O–H groups in total. The summed E-state index contributed by atoms with van der Waals surface area (Å²) >= 11 is 4.47. The molecule has 0 radical (unpaired) electrons.